The second-order valence-corrected chi connectivity index (χ2v) is 10.0. The molecule has 1 atom stereocenters. The van der Waals surface area contributed by atoms with E-state index in [-0.39, 0.29) is 16.9 Å². The molecule has 3 aromatic carbocycles. The van der Waals surface area contributed by atoms with Crippen LogP contribution in [0.2, 0.25) is 0 Å². The third-order valence-corrected chi connectivity index (χ3v) is 7.71. The Labute approximate surface area is 193 Å². The molecule has 0 saturated heterocycles. The fraction of sp³-hybridized carbons (Fsp3) is 0.240. The van der Waals surface area contributed by atoms with Gasteiger partial charge in [0.25, 0.3) is 15.9 Å². The molecule has 170 valence electrons. The van der Waals surface area contributed by atoms with Gasteiger partial charge in [-0.3, -0.25) is 9.10 Å². The van der Waals surface area contributed by atoms with Gasteiger partial charge in [0.1, 0.15) is 6.61 Å². The van der Waals surface area contributed by atoms with Crippen LogP contribution in [0, 0.1) is 0 Å². The van der Waals surface area contributed by atoms with Crippen molar-refractivity contribution < 1.29 is 22.7 Å². The molecule has 8 heteroatoms. The molecule has 1 unspecified atom stereocenters. The lowest BCUT2D eigenvalue weighted by molar-refractivity contribution is 0.0521. The molecule has 5 rings (SSSR count). The van der Waals surface area contributed by atoms with E-state index in [0.29, 0.717) is 48.9 Å². The smallest absolute Gasteiger partial charge is 0.264 e. The van der Waals surface area contributed by atoms with Crippen LogP contribution < -0.4 is 13.8 Å². The van der Waals surface area contributed by atoms with Crippen molar-refractivity contribution in [2.45, 2.75) is 17.4 Å². The minimum absolute atomic E-state index is 0.102. The Balaban J connectivity index is 1.32. The maximum atomic E-state index is 13.3. The number of anilines is 1. The van der Waals surface area contributed by atoms with Gasteiger partial charge in [-0.05, 0) is 48.4 Å². The van der Waals surface area contributed by atoms with Crippen molar-refractivity contribution in [2.75, 3.05) is 31.0 Å². The van der Waals surface area contributed by atoms with Crippen molar-refractivity contribution >= 4 is 21.6 Å². The summed E-state index contributed by atoms with van der Waals surface area (Å²) in [5, 5.41) is 0. The van der Waals surface area contributed by atoms with Gasteiger partial charge in [0, 0.05) is 19.2 Å². The Kier molecular flexibility index (Phi) is 5.46. The van der Waals surface area contributed by atoms with Gasteiger partial charge in [-0.15, -0.1) is 0 Å². The Morgan fingerprint density at radius 1 is 1.03 bits per heavy atom. The summed E-state index contributed by atoms with van der Waals surface area (Å²) in [6.07, 6.45) is 0.352. The molecule has 1 amide bonds. The molecule has 33 heavy (non-hydrogen) atoms. The van der Waals surface area contributed by atoms with Crippen LogP contribution >= 0.6 is 0 Å². The van der Waals surface area contributed by atoms with Crippen LogP contribution in [0.5, 0.6) is 11.5 Å². The van der Waals surface area contributed by atoms with E-state index in [0.717, 1.165) is 5.56 Å². The van der Waals surface area contributed by atoms with Crippen molar-refractivity contribution in [1.82, 2.24) is 4.90 Å². The van der Waals surface area contributed by atoms with E-state index in [1.54, 1.807) is 19.2 Å². The van der Waals surface area contributed by atoms with Crippen LogP contribution in [0.25, 0.3) is 0 Å². The maximum Gasteiger partial charge on any atom is 0.264 e. The molecule has 0 N–H and O–H groups in total. The minimum Gasteiger partial charge on any atom is -0.486 e. The number of ether oxygens (including phenoxy) is 2. The van der Waals surface area contributed by atoms with Crippen molar-refractivity contribution in [3.05, 3.63) is 83.9 Å². The quantitative estimate of drug-likeness (QED) is 0.579. The van der Waals surface area contributed by atoms with E-state index in [9.17, 15) is 13.2 Å². The number of hydrogen-bond acceptors (Lipinski definition) is 5. The number of rotatable bonds is 5. The average Bonchev–Trinajstić information content (AvgIpc) is 3.29. The molecule has 0 aromatic heterocycles. The first-order valence-electron chi connectivity index (χ1n) is 10.8. The number of benzene rings is 3. The predicted octanol–water partition coefficient (Wildman–Crippen LogP) is 3.35. The zero-order valence-corrected chi connectivity index (χ0v) is 19.0. The number of carbonyl (C=O) groups is 1. The predicted molar refractivity (Wildman–Crippen MR) is 124 cm³/mol. The summed E-state index contributed by atoms with van der Waals surface area (Å²) >= 11 is 0. The lowest BCUT2D eigenvalue weighted by Crippen LogP contribution is -2.41. The first-order chi connectivity index (χ1) is 15.9. The van der Waals surface area contributed by atoms with Gasteiger partial charge >= 0.3 is 0 Å². The van der Waals surface area contributed by atoms with Gasteiger partial charge in [-0.1, -0.05) is 36.4 Å². The molecule has 2 heterocycles. The van der Waals surface area contributed by atoms with Crippen molar-refractivity contribution in [3.63, 3.8) is 0 Å². The number of fused-ring (bicyclic) bond motifs is 2. The molecule has 0 bridgehead atoms. The van der Waals surface area contributed by atoms with E-state index in [2.05, 4.69) is 0 Å². The summed E-state index contributed by atoms with van der Waals surface area (Å²) in [7, 11) is -2.11. The van der Waals surface area contributed by atoms with E-state index >= 15 is 0 Å². The number of para-hydroxylation sites is 3. The molecular formula is C25H24N2O5S. The second-order valence-electron chi connectivity index (χ2n) is 8.17. The summed E-state index contributed by atoms with van der Waals surface area (Å²) < 4.78 is 39.8. The summed E-state index contributed by atoms with van der Waals surface area (Å²) in [6.45, 7) is 1.03. The van der Waals surface area contributed by atoms with Crippen LogP contribution in [0.3, 0.4) is 0 Å². The fourth-order valence-electron chi connectivity index (χ4n) is 4.24. The highest BCUT2D eigenvalue weighted by Crippen LogP contribution is 2.33. The van der Waals surface area contributed by atoms with E-state index in [1.165, 1.54) is 21.3 Å². The zero-order chi connectivity index (χ0) is 23.0. The Bertz CT molecular complexity index is 1310. The lowest BCUT2D eigenvalue weighted by Gasteiger charge is -2.29. The summed E-state index contributed by atoms with van der Waals surface area (Å²) in [5.74, 6) is 1.05. The third-order valence-electron chi connectivity index (χ3n) is 5.91. The largest absolute Gasteiger partial charge is 0.486 e. The van der Waals surface area contributed by atoms with Crippen LogP contribution in [-0.2, 0) is 16.4 Å². The van der Waals surface area contributed by atoms with Crippen LogP contribution in [0.4, 0.5) is 5.69 Å². The summed E-state index contributed by atoms with van der Waals surface area (Å²) in [5.41, 5.74) is 2.01. The van der Waals surface area contributed by atoms with E-state index in [4.69, 9.17) is 9.47 Å². The molecule has 0 fully saturated rings. The van der Waals surface area contributed by atoms with Gasteiger partial charge < -0.3 is 14.4 Å². The molecule has 2 aliphatic heterocycles. The van der Waals surface area contributed by atoms with Gasteiger partial charge in [0.15, 0.2) is 17.6 Å². The number of amides is 1. The summed E-state index contributed by atoms with van der Waals surface area (Å²) in [6, 6.07) is 21.1. The zero-order valence-electron chi connectivity index (χ0n) is 18.2. The molecule has 0 spiro atoms. The van der Waals surface area contributed by atoms with E-state index < -0.39 is 10.0 Å². The topological polar surface area (TPSA) is 76.1 Å². The van der Waals surface area contributed by atoms with Crippen molar-refractivity contribution in [1.29, 1.82) is 0 Å². The molecular weight excluding hydrogens is 440 g/mol. The van der Waals surface area contributed by atoms with Crippen LogP contribution in [0.1, 0.15) is 15.9 Å². The number of sulfonamides is 1. The van der Waals surface area contributed by atoms with Crippen molar-refractivity contribution in [3.8, 4) is 11.5 Å². The number of hydrogen-bond donors (Lipinski definition) is 0. The third kappa shape index (κ3) is 4.02. The highest BCUT2D eigenvalue weighted by molar-refractivity contribution is 7.92. The first-order valence-corrected chi connectivity index (χ1v) is 12.2. The highest BCUT2D eigenvalue weighted by atomic mass is 32.2. The lowest BCUT2D eigenvalue weighted by atomic mass is 10.2. The van der Waals surface area contributed by atoms with Crippen molar-refractivity contribution in [2.24, 2.45) is 0 Å². The van der Waals surface area contributed by atoms with Gasteiger partial charge in [-0.2, -0.15) is 0 Å². The molecule has 0 radical (unpaired) electrons. The van der Waals surface area contributed by atoms with E-state index in [1.807, 2.05) is 48.5 Å². The normalized spacial score (nSPS) is 16.9. The molecule has 2 aliphatic rings. The molecule has 3 aromatic rings. The number of carbonyl (C=O) groups excluding carboxylic acids is 1. The van der Waals surface area contributed by atoms with Gasteiger partial charge in [0.05, 0.1) is 17.1 Å². The fourth-order valence-corrected chi connectivity index (χ4v) is 5.79. The minimum atomic E-state index is -3.78. The SMILES string of the molecule is CN(CC1COc2ccccc2O1)C(=O)c1cccc(S(=O)(=O)N2CCc3ccccc32)c1. The first kappa shape index (κ1) is 21.3. The molecule has 7 nitrogen and oxygen atoms in total. The highest BCUT2D eigenvalue weighted by Gasteiger charge is 2.31. The average molecular weight is 465 g/mol. The Morgan fingerprint density at radius 2 is 1.79 bits per heavy atom. The monoisotopic (exact) mass is 464 g/mol. The van der Waals surface area contributed by atoms with Crippen LogP contribution in [0.15, 0.2) is 77.7 Å². The standard InChI is InChI=1S/C25H24N2O5S/c1-26(16-20-17-31-23-11-4-5-12-24(23)32-20)25(28)19-8-6-9-21(15-19)33(29,30)27-14-13-18-7-2-3-10-22(18)27/h2-12,15,20H,13-14,16-17H2,1H3. The number of likely N-dealkylation sites (N-methyl/N-ethyl adjacent to an activating group) is 1. The number of nitrogens with zero attached hydrogens (tertiary/aromatic N) is 2. The van der Waals surface area contributed by atoms with Crippen LogP contribution in [-0.4, -0.2) is 52.1 Å². The molecule has 0 saturated carbocycles. The second kappa shape index (κ2) is 8.44. The van der Waals surface area contributed by atoms with Gasteiger partial charge in [0.2, 0.25) is 0 Å². The van der Waals surface area contributed by atoms with Gasteiger partial charge in [-0.25, -0.2) is 8.42 Å². The molecule has 0 aliphatic carbocycles. The Hall–Kier alpha value is -3.52. The Morgan fingerprint density at radius 3 is 2.64 bits per heavy atom. The maximum absolute atomic E-state index is 13.3. The summed E-state index contributed by atoms with van der Waals surface area (Å²) in [4.78, 5) is 14.7.